The predicted octanol–water partition coefficient (Wildman–Crippen LogP) is 2.01. The maximum Gasteiger partial charge on any atom is 0.256 e. The Hall–Kier alpha value is -2.02. The lowest BCUT2D eigenvalue weighted by Crippen LogP contribution is -2.44. The molecule has 5 nitrogen and oxygen atoms in total. The largest absolute Gasteiger partial charge is 0.342 e. The second kappa shape index (κ2) is 7.19. The molecule has 2 heterocycles. The Morgan fingerprint density at radius 2 is 1.74 bits per heavy atom. The molecule has 2 aliphatic heterocycles. The first-order valence-corrected chi connectivity index (χ1v) is 9.72. The summed E-state index contributed by atoms with van der Waals surface area (Å²) in [7, 11) is 0. The SMILES string of the molecule is NC1CCC2CN(C(=O)C3CCN(C(=O)c4ccc(F)cc4F)CC3)CC12. The fourth-order valence-electron chi connectivity index (χ4n) is 4.91. The molecule has 2 saturated heterocycles. The smallest absolute Gasteiger partial charge is 0.256 e. The summed E-state index contributed by atoms with van der Waals surface area (Å²) in [5, 5.41) is 0. The van der Waals surface area contributed by atoms with Gasteiger partial charge in [0.25, 0.3) is 5.91 Å². The Morgan fingerprint density at radius 3 is 2.41 bits per heavy atom. The van der Waals surface area contributed by atoms with Gasteiger partial charge in [-0.15, -0.1) is 0 Å². The number of nitrogens with two attached hydrogens (primary N) is 1. The number of hydrogen-bond acceptors (Lipinski definition) is 3. The van der Waals surface area contributed by atoms with E-state index in [-0.39, 0.29) is 23.4 Å². The molecule has 1 aliphatic carbocycles. The van der Waals surface area contributed by atoms with Crippen molar-refractivity contribution in [3.05, 3.63) is 35.4 Å². The molecule has 0 radical (unpaired) electrons. The average molecular weight is 377 g/mol. The van der Waals surface area contributed by atoms with Crippen molar-refractivity contribution in [1.29, 1.82) is 0 Å². The third kappa shape index (κ3) is 3.45. The third-order valence-electron chi connectivity index (χ3n) is 6.52. The van der Waals surface area contributed by atoms with Crippen LogP contribution in [0.15, 0.2) is 18.2 Å². The Labute approximate surface area is 157 Å². The molecule has 1 aromatic carbocycles. The first-order chi connectivity index (χ1) is 12.9. The number of piperidine rings is 1. The lowest BCUT2D eigenvalue weighted by Gasteiger charge is -2.33. The van der Waals surface area contributed by atoms with Crippen LogP contribution in [0.4, 0.5) is 8.78 Å². The van der Waals surface area contributed by atoms with E-state index in [2.05, 4.69) is 0 Å². The molecule has 3 atom stereocenters. The third-order valence-corrected chi connectivity index (χ3v) is 6.52. The van der Waals surface area contributed by atoms with E-state index in [0.717, 1.165) is 38.1 Å². The molecular weight excluding hydrogens is 352 g/mol. The number of halogens is 2. The molecule has 3 fully saturated rings. The first-order valence-electron chi connectivity index (χ1n) is 9.72. The van der Waals surface area contributed by atoms with Gasteiger partial charge in [-0.05, 0) is 49.7 Å². The van der Waals surface area contributed by atoms with Crippen molar-refractivity contribution in [2.75, 3.05) is 26.2 Å². The van der Waals surface area contributed by atoms with Gasteiger partial charge in [-0.1, -0.05) is 0 Å². The minimum atomic E-state index is -0.849. The first kappa shape index (κ1) is 18.3. The van der Waals surface area contributed by atoms with Crippen molar-refractivity contribution in [3.8, 4) is 0 Å². The fraction of sp³-hybridized carbons (Fsp3) is 0.600. The van der Waals surface area contributed by atoms with Gasteiger partial charge in [0.15, 0.2) is 0 Å². The molecule has 3 unspecified atom stereocenters. The highest BCUT2D eigenvalue weighted by atomic mass is 19.1. The number of nitrogens with zero attached hydrogens (tertiary/aromatic N) is 2. The van der Waals surface area contributed by atoms with Crippen LogP contribution in [-0.2, 0) is 4.79 Å². The molecule has 3 aliphatic rings. The number of rotatable bonds is 2. The minimum Gasteiger partial charge on any atom is -0.342 e. The van der Waals surface area contributed by atoms with Crippen LogP contribution in [0.2, 0.25) is 0 Å². The van der Waals surface area contributed by atoms with Crippen LogP contribution in [0, 0.1) is 29.4 Å². The van der Waals surface area contributed by atoms with Crippen LogP contribution in [0.5, 0.6) is 0 Å². The van der Waals surface area contributed by atoms with Crippen LogP contribution in [0.3, 0.4) is 0 Å². The summed E-state index contributed by atoms with van der Waals surface area (Å²) in [5.74, 6) is -0.968. The maximum absolute atomic E-state index is 13.9. The van der Waals surface area contributed by atoms with Crippen LogP contribution in [0.25, 0.3) is 0 Å². The maximum atomic E-state index is 13.9. The molecule has 27 heavy (non-hydrogen) atoms. The van der Waals surface area contributed by atoms with Gasteiger partial charge in [0.05, 0.1) is 5.56 Å². The van der Waals surface area contributed by atoms with Gasteiger partial charge in [0.1, 0.15) is 11.6 Å². The van der Waals surface area contributed by atoms with Crippen LogP contribution in [-0.4, -0.2) is 53.8 Å². The van der Waals surface area contributed by atoms with E-state index in [0.29, 0.717) is 37.8 Å². The van der Waals surface area contributed by atoms with Gasteiger partial charge < -0.3 is 15.5 Å². The zero-order valence-electron chi connectivity index (χ0n) is 15.2. The Bertz CT molecular complexity index is 749. The van der Waals surface area contributed by atoms with E-state index in [4.69, 9.17) is 5.73 Å². The quantitative estimate of drug-likeness (QED) is 0.857. The van der Waals surface area contributed by atoms with Crippen molar-refractivity contribution < 1.29 is 18.4 Å². The number of carbonyl (C=O) groups excluding carboxylic acids is 2. The summed E-state index contributed by atoms with van der Waals surface area (Å²) >= 11 is 0. The van der Waals surface area contributed by atoms with Gasteiger partial charge >= 0.3 is 0 Å². The number of benzene rings is 1. The van der Waals surface area contributed by atoms with Crippen molar-refractivity contribution >= 4 is 11.8 Å². The number of amides is 2. The summed E-state index contributed by atoms with van der Waals surface area (Å²) in [5.41, 5.74) is 6.03. The zero-order chi connectivity index (χ0) is 19.1. The molecular formula is C20H25F2N3O2. The number of carbonyl (C=O) groups is 2. The van der Waals surface area contributed by atoms with Crippen LogP contribution >= 0.6 is 0 Å². The highest BCUT2D eigenvalue weighted by Gasteiger charge is 2.44. The molecule has 146 valence electrons. The van der Waals surface area contributed by atoms with Crippen molar-refractivity contribution in [1.82, 2.24) is 9.80 Å². The lowest BCUT2D eigenvalue weighted by molar-refractivity contribution is -0.136. The molecule has 2 amide bonds. The topological polar surface area (TPSA) is 66.6 Å². The fourth-order valence-corrected chi connectivity index (χ4v) is 4.91. The van der Waals surface area contributed by atoms with Crippen molar-refractivity contribution in [2.45, 2.75) is 31.7 Å². The summed E-state index contributed by atoms with van der Waals surface area (Å²) in [6.07, 6.45) is 3.31. The Balaban J connectivity index is 1.33. The van der Waals surface area contributed by atoms with Gasteiger partial charge in [0, 0.05) is 44.2 Å². The van der Waals surface area contributed by atoms with Crippen LogP contribution in [0.1, 0.15) is 36.0 Å². The predicted molar refractivity (Wildman–Crippen MR) is 95.8 cm³/mol. The molecule has 7 heteroatoms. The van der Waals surface area contributed by atoms with E-state index in [9.17, 15) is 18.4 Å². The van der Waals surface area contributed by atoms with E-state index in [1.54, 1.807) is 4.90 Å². The molecule has 1 aromatic rings. The van der Waals surface area contributed by atoms with Gasteiger partial charge in [0.2, 0.25) is 5.91 Å². The molecule has 4 rings (SSSR count). The minimum absolute atomic E-state index is 0.0952. The summed E-state index contributed by atoms with van der Waals surface area (Å²) in [6, 6.07) is 3.19. The number of fused-ring (bicyclic) bond motifs is 1. The summed E-state index contributed by atoms with van der Waals surface area (Å²) < 4.78 is 26.9. The molecule has 0 bridgehead atoms. The average Bonchev–Trinajstić information content (AvgIpc) is 3.23. The molecule has 1 saturated carbocycles. The van der Waals surface area contributed by atoms with E-state index >= 15 is 0 Å². The summed E-state index contributed by atoms with van der Waals surface area (Å²) in [6.45, 7) is 2.38. The van der Waals surface area contributed by atoms with E-state index in [1.165, 1.54) is 6.07 Å². The van der Waals surface area contributed by atoms with Gasteiger partial charge in [-0.25, -0.2) is 8.78 Å². The van der Waals surface area contributed by atoms with E-state index < -0.39 is 17.5 Å². The van der Waals surface area contributed by atoms with Crippen LogP contribution < -0.4 is 5.73 Å². The highest BCUT2D eigenvalue weighted by molar-refractivity contribution is 5.94. The number of hydrogen-bond donors (Lipinski definition) is 1. The monoisotopic (exact) mass is 377 g/mol. The van der Waals surface area contributed by atoms with Crippen molar-refractivity contribution in [3.63, 3.8) is 0 Å². The normalized spacial score (nSPS) is 28.5. The zero-order valence-corrected chi connectivity index (χ0v) is 15.2. The Kier molecular flexibility index (Phi) is 4.88. The molecule has 0 aromatic heterocycles. The molecule has 0 spiro atoms. The second-order valence-corrected chi connectivity index (χ2v) is 8.10. The second-order valence-electron chi connectivity index (χ2n) is 8.10. The van der Waals surface area contributed by atoms with Gasteiger partial charge in [-0.3, -0.25) is 9.59 Å². The van der Waals surface area contributed by atoms with Gasteiger partial charge in [-0.2, -0.15) is 0 Å². The lowest BCUT2D eigenvalue weighted by atomic mass is 9.94. The van der Waals surface area contributed by atoms with Crippen molar-refractivity contribution in [2.24, 2.45) is 23.5 Å². The highest BCUT2D eigenvalue weighted by Crippen LogP contribution is 2.38. The van der Waals surface area contributed by atoms with E-state index in [1.807, 2.05) is 4.90 Å². The summed E-state index contributed by atoms with van der Waals surface area (Å²) in [4.78, 5) is 28.8. The standard InChI is InChI=1S/C20H25F2N3O2/c21-14-2-3-15(17(22)9-14)20(27)24-7-5-12(6-8-24)19(26)25-10-13-1-4-18(23)16(13)11-25/h2-3,9,12-13,16,18H,1,4-8,10-11,23H2. The number of likely N-dealkylation sites (tertiary alicyclic amines) is 2. The molecule has 2 N–H and O–H groups in total. The Morgan fingerprint density at radius 1 is 1.00 bits per heavy atom.